The third-order valence-electron chi connectivity index (χ3n) is 14.0. The van der Waals surface area contributed by atoms with Gasteiger partial charge in [-0.25, -0.2) is 13.0 Å². The fraction of sp³-hybridized carbons (Fsp3) is 0.464. The molecule has 2 heterocycles. The maximum absolute atomic E-state index is 14.5. The first-order valence-corrected chi connectivity index (χ1v) is 30.7. The Labute approximate surface area is 459 Å². The van der Waals surface area contributed by atoms with Gasteiger partial charge in [-0.05, 0) is 94.3 Å². The molecule has 0 bridgehead atoms. The van der Waals surface area contributed by atoms with E-state index in [9.17, 15) is 51.3 Å². The fourth-order valence-corrected chi connectivity index (χ4v) is 11.3. The second-order valence-electron chi connectivity index (χ2n) is 19.3. The van der Waals surface area contributed by atoms with Gasteiger partial charge in [-0.15, -0.1) is 0 Å². The molecule has 0 radical (unpaired) electrons. The zero-order valence-electron chi connectivity index (χ0n) is 44.4. The quantitative estimate of drug-likeness (QED) is 0.00992. The van der Waals surface area contributed by atoms with Crippen molar-refractivity contribution in [3.8, 4) is 22.5 Å². The van der Waals surface area contributed by atoms with Crippen molar-refractivity contribution in [2.45, 2.75) is 109 Å². The van der Waals surface area contributed by atoms with Gasteiger partial charge in [0.05, 0.1) is 21.9 Å². The smallest absolute Gasteiger partial charge is 0.343 e. The molecule has 0 spiro atoms. The Balaban J connectivity index is 0.959. The summed E-state index contributed by atoms with van der Waals surface area (Å²) in [5.74, 6) is -2.02. The normalized spacial score (nSPS) is 13.8. The van der Waals surface area contributed by atoms with Crippen LogP contribution in [0, 0.1) is 0 Å². The Kier molecular flexibility index (Phi) is 22.2. The van der Waals surface area contributed by atoms with Crippen molar-refractivity contribution in [2.24, 2.45) is 0 Å². The minimum Gasteiger partial charge on any atom is -0.748 e. The number of carbonyl (C=O) groups excluding carboxylic acids is 5. The third kappa shape index (κ3) is 16.9. The Morgan fingerprint density at radius 3 is 2.04 bits per heavy atom. The van der Waals surface area contributed by atoms with Crippen LogP contribution in [0.25, 0.3) is 33.4 Å². The van der Waals surface area contributed by atoms with Crippen LogP contribution in [0.2, 0.25) is 0 Å². The highest BCUT2D eigenvalue weighted by Gasteiger charge is 2.30. The molecule has 1 saturated heterocycles. The Bertz CT molecular complexity index is 3070. The number of Topliss-reactive ketones (excluding diaryl/α,β-unsaturated/α-hetero) is 1. The minimum atomic E-state index is -4.86. The number of halogens is 1. The van der Waals surface area contributed by atoms with E-state index in [2.05, 4.69) is 100 Å². The van der Waals surface area contributed by atoms with E-state index >= 15 is 0 Å². The highest BCUT2D eigenvalue weighted by atomic mass is 79.9. The first-order chi connectivity index (χ1) is 36.7. The van der Waals surface area contributed by atoms with Gasteiger partial charge in [0.1, 0.15) is 35.0 Å². The summed E-state index contributed by atoms with van der Waals surface area (Å²) in [7, 11) is -9.21. The lowest BCUT2D eigenvalue weighted by molar-refractivity contribution is -0.133. The zero-order chi connectivity index (χ0) is 55.9. The van der Waals surface area contributed by atoms with Crippen LogP contribution >= 0.6 is 23.5 Å². The van der Waals surface area contributed by atoms with Gasteiger partial charge in [0, 0.05) is 111 Å². The molecule has 2 atom stereocenters. The van der Waals surface area contributed by atoms with Crippen LogP contribution in [0.5, 0.6) is 0 Å². The molecule has 0 aromatic heterocycles. The molecule has 4 N–H and O–H groups in total. The van der Waals surface area contributed by atoms with Crippen LogP contribution in [0.1, 0.15) is 118 Å². The van der Waals surface area contributed by atoms with Crippen molar-refractivity contribution in [1.29, 1.82) is 0 Å². The van der Waals surface area contributed by atoms with E-state index in [1.165, 1.54) is 0 Å². The first-order valence-electron chi connectivity index (χ1n) is 26.5. The van der Waals surface area contributed by atoms with Crippen molar-refractivity contribution >= 4 is 79.7 Å². The molecule has 18 nitrogen and oxygen atoms in total. The highest BCUT2D eigenvalue weighted by Crippen LogP contribution is 2.55. The predicted molar refractivity (Wildman–Crippen MR) is 300 cm³/mol. The monoisotopic (exact) mass is 1160 g/mol. The van der Waals surface area contributed by atoms with Gasteiger partial charge in [-0.3, -0.25) is 28.5 Å². The van der Waals surface area contributed by atoms with E-state index in [0.717, 1.165) is 64.9 Å². The van der Waals surface area contributed by atoms with Gasteiger partial charge in [0.15, 0.2) is 5.78 Å². The molecule has 0 saturated carbocycles. The largest absolute Gasteiger partial charge is 0.748 e. The van der Waals surface area contributed by atoms with Crippen LogP contribution in [0.4, 0.5) is 5.69 Å². The third-order valence-corrected chi connectivity index (χ3v) is 17.8. The maximum atomic E-state index is 14.5. The second kappa shape index (κ2) is 28.2. The van der Waals surface area contributed by atoms with Gasteiger partial charge in [-0.2, -0.15) is 0 Å². The number of hydrogen-bond donors (Lipinski definition) is 4. The summed E-state index contributed by atoms with van der Waals surface area (Å²) in [6.45, 7) is 13.4. The molecular formula is C56H72BrN6O12PS. The number of nitrogens with zero attached hydrogens (tertiary/aromatic N) is 4. The number of alkyl halides is 1. The van der Waals surface area contributed by atoms with Gasteiger partial charge < -0.3 is 44.1 Å². The zero-order valence-corrected chi connectivity index (χ0v) is 47.7. The van der Waals surface area contributed by atoms with Gasteiger partial charge in [-0.1, -0.05) is 71.2 Å². The number of rotatable bonds is 27. The lowest BCUT2D eigenvalue weighted by Crippen LogP contribution is -2.50. The standard InChI is InChI=1S/C56H72BrN6O12PS/c1-5-60(6-2)41-27-29-45-49(35-41)75-50-36-42(61(7-3)8-4)28-30-46(50)54(45)43-17-13-14-18-44(43)56(68)63-33-31-62(32-34-63)53(67)22-16-15-21-52(66)59-47(38-77(72,73)74)48(64)19-11-9-10-12-20-51(65)58-37-39-23-25-40(26-24-39)55(57)76(69,70)71/h13-14,17-18,23-30,35-36,47,55H,5-12,15-16,19-22,31-34,37-38H2,1-4H3,(H4-,58,59,65,66,69,70,71,72,73,74). The molecule has 6 rings (SSSR count). The number of carbonyl (C=O) groups is 5. The molecule has 1 aliphatic carbocycles. The van der Waals surface area contributed by atoms with E-state index in [1.807, 2.05) is 24.3 Å². The first kappa shape index (κ1) is 60.5. The average molecular weight is 1160 g/mol. The van der Waals surface area contributed by atoms with E-state index in [1.54, 1.807) is 34.1 Å². The number of fused-ring (bicyclic) bond motifs is 2. The topological polar surface area (TPSA) is 250 Å². The number of amides is 4. The summed E-state index contributed by atoms with van der Waals surface area (Å²) in [5.41, 5.74) is 6.05. The molecule has 4 amide bonds. The molecule has 3 aliphatic rings. The minimum absolute atomic E-state index is 0.0754. The summed E-state index contributed by atoms with van der Waals surface area (Å²) in [6, 6.07) is 25.1. The number of piperazine rings is 1. The second-order valence-corrected chi connectivity index (χ2v) is 24.0. The van der Waals surface area contributed by atoms with E-state index in [0.29, 0.717) is 80.8 Å². The summed E-state index contributed by atoms with van der Waals surface area (Å²) in [4.78, 5) is 90.6. The number of unbranched alkanes of at least 4 members (excludes halogenated alkanes) is 4. The van der Waals surface area contributed by atoms with E-state index in [4.69, 9.17) is 4.42 Å². The van der Waals surface area contributed by atoms with E-state index < -0.39 is 45.8 Å². The number of hydrogen-bond acceptors (Lipinski definition) is 11. The fourth-order valence-electron chi connectivity index (χ4n) is 9.74. The average Bonchev–Trinajstić information content (AvgIpc) is 3.42. The predicted octanol–water partition coefficient (Wildman–Crippen LogP) is 7.53. The molecule has 3 aromatic rings. The molecule has 77 heavy (non-hydrogen) atoms. The summed E-state index contributed by atoms with van der Waals surface area (Å²) in [6.07, 6.45) is 2.85. The molecule has 2 aliphatic heterocycles. The van der Waals surface area contributed by atoms with Crippen LogP contribution in [-0.4, -0.2) is 126 Å². The van der Waals surface area contributed by atoms with Gasteiger partial charge in [0.2, 0.25) is 23.1 Å². The summed E-state index contributed by atoms with van der Waals surface area (Å²) >= 11 is 3.00. The van der Waals surface area contributed by atoms with Crippen molar-refractivity contribution in [2.75, 3.05) is 63.0 Å². The lowest BCUT2D eigenvalue weighted by Gasteiger charge is -2.35. The van der Waals surface area contributed by atoms with Crippen molar-refractivity contribution in [3.63, 3.8) is 0 Å². The van der Waals surface area contributed by atoms with Crippen molar-refractivity contribution < 1.29 is 55.7 Å². The summed E-state index contributed by atoms with van der Waals surface area (Å²) < 4.78 is 54.4. The molecule has 21 heteroatoms. The van der Waals surface area contributed by atoms with E-state index in [-0.39, 0.29) is 56.4 Å². The Morgan fingerprint density at radius 2 is 1.39 bits per heavy atom. The lowest BCUT2D eigenvalue weighted by atomic mass is 9.90. The number of nitrogens with one attached hydrogen (secondary N) is 2. The molecule has 3 aromatic carbocycles. The maximum Gasteiger partial charge on any atom is 0.343 e. The van der Waals surface area contributed by atoms with Crippen molar-refractivity contribution in [3.05, 3.63) is 107 Å². The SMILES string of the molecule is CCN(CC)c1ccc2c(-c3ccccc3C(=O)N3CCN(C(=O)CCCCC(=O)NC(CS(=O)(=O)[O-])C(=O)CCCCCCC(=O)NCc4ccc(C(Br)P(=O)(O)O)cc4)CC3)c3ccc(=[N+](CC)CC)cc-3oc2c1. The van der Waals surface area contributed by atoms with Crippen LogP contribution in [0.15, 0.2) is 89.3 Å². The van der Waals surface area contributed by atoms with Gasteiger partial charge >= 0.3 is 7.60 Å². The van der Waals surface area contributed by atoms with Crippen molar-refractivity contribution in [1.82, 2.24) is 25.0 Å². The van der Waals surface area contributed by atoms with Crippen LogP contribution in [0.3, 0.4) is 0 Å². The Morgan fingerprint density at radius 1 is 0.766 bits per heavy atom. The number of benzene rings is 4. The molecular weight excluding hydrogens is 1090 g/mol. The summed E-state index contributed by atoms with van der Waals surface area (Å²) in [5, 5.41) is 7.15. The molecule has 416 valence electrons. The van der Waals surface area contributed by atoms with Crippen LogP contribution < -0.4 is 25.5 Å². The molecule has 2 unspecified atom stereocenters. The number of anilines is 1. The highest BCUT2D eigenvalue weighted by molar-refractivity contribution is 9.10. The van der Waals surface area contributed by atoms with Crippen LogP contribution in [-0.2, 0) is 40.4 Å². The van der Waals surface area contributed by atoms with Gasteiger partial charge in [0.25, 0.3) is 5.91 Å². The Hall–Kier alpha value is -5.76. The number of ketones is 1. The molecule has 1 fully saturated rings.